The highest BCUT2D eigenvalue weighted by atomic mass is 16.4. The second-order valence-corrected chi connectivity index (χ2v) is 4.89. The summed E-state index contributed by atoms with van der Waals surface area (Å²) < 4.78 is 0. The van der Waals surface area contributed by atoms with Gasteiger partial charge in [-0.25, -0.2) is 4.79 Å². The van der Waals surface area contributed by atoms with Crippen LogP contribution in [0.25, 0.3) is 0 Å². The average Bonchev–Trinajstić information content (AvgIpc) is 2.76. The third-order valence-corrected chi connectivity index (χ3v) is 3.68. The second-order valence-electron chi connectivity index (χ2n) is 4.89. The zero-order valence-electron chi connectivity index (χ0n) is 10.8. The lowest BCUT2D eigenvalue weighted by Crippen LogP contribution is -2.49. The van der Waals surface area contributed by atoms with E-state index in [4.69, 9.17) is 5.11 Å². The Morgan fingerprint density at radius 2 is 2.18 bits per heavy atom. The molecule has 0 spiro atoms. The number of nitrogens with one attached hydrogen (secondary N) is 1. The number of hydrogen-bond donors (Lipinski definition) is 2. The van der Waals surface area contributed by atoms with E-state index >= 15 is 0 Å². The summed E-state index contributed by atoms with van der Waals surface area (Å²) in [5.74, 6) is -1.00. The topological polar surface area (TPSA) is 69.6 Å². The number of rotatable bonds is 5. The smallest absolute Gasteiger partial charge is 0.326 e. The van der Waals surface area contributed by atoms with Crippen molar-refractivity contribution in [1.82, 2.24) is 10.2 Å². The van der Waals surface area contributed by atoms with E-state index in [1.807, 2.05) is 6.92 Å². The zero-order valence-corrected chi connectivity index (χ0v) is 10.8. The number of aliphatic carboxylic acids is 1. The van der Waals surface area contributed by atoms with Gasteiger partial charge in [0.05, 0.1) is 5.41 Å². The molecule has 0 bridgehead atoms. The van der Waals surface area contributed by atoms with Crippen molar-refractivity contribution in [3.05, 3.63) is 0 Å². The lowest BCUT2D eigenvalue weighted by Gasteiger charge is -2.33. The molecule has 1 saturated heterocycles. The van der Waals surface area contributed by atoms with Gasteiger partial charge in [0, 0.05) is 13.6 Å². The van der Waals surface area contributed by atoms with Gasteiger partial charge in [-0.05, 0) is 26.3 Å². The standard InChI is InChI=1S/C12H22N2O3/c1-4-5-12(6-7-13-8-12)11(17)14(3)9(2)10(15)16/h9,13H,4-8H2,1-3H3,(H,15,16). The summed E-state index contributed by atoms with van der Waals surface area (Å²) in [5, 5.41) is 12.2. The molecule has 17 heavy (non-hydrogen) atoms. The first-order valence-electron chi connectivity index (χ1n) is 6.15. The zero-order chi connectivity index (χ0) is 13.1. The van der Waals surface area contributed by atoms with Crippen molar-refractivity contribution in [2.75, 3.05) is 20.1 Å². The minimum atomic E-state index is -0.960. The van der Waals surface area contributed by atoms with E-state index in [0.717, 1.165) is 25.8 Å². The first-order valence-corrected chi connectivity index (χ1v) is 6.15. The lowest BCUT2D eigenvalue weighted by atomic mass is 9.81. The van der Waals surface area contributed by atoms with Crippen LogP contribution < -0.4 is 5.32 Å². The number of carboxylic acid groups (broad SMARTS) is 1. The summed E-state index contributed by atoms with van der Waals surface area (Å²) in [7, 11) is 1.58. The van der Waals surface area contributed by atoms with E-state index < -0.39 is 17.4 Å². The van der Waals surface area contributed by atoms with Gasteiger partial charge < -0.3 is 15.3 Å². The molecule has 0 saturated carbocycles. The van der Waals surface area contributed by atoms with Crippen LogP contribution in [0.5, 0.6) is 0 Å². The number of hydrogen-bond acceptors (Lipinski definition) is 3. The van der Waals surface area contributed by atoms with Gasteiger partial charge >= 0.3 is 5.97 Å². The quantitative estimate of drug-likeness (QED) is 0.744. The lowest BCUT2D eigenvalue weighted by molar-refractivity contribution is -0.152. The van der Waals surface area contributed by atoms with E-state index in [-0.39, 0.29) is 5.91 Å². The predicted molar refractivity (Wildman–Crippen MR) is 64.7 cm³/mol. The molecule has 2 N–H and O–H groups in total. The SMILES string of the molecule is CCCC1(C(=O)N(C)C(C)C(=O)O)CCNC1. The Bertz CT molecular complexity index is 298. The molecule has 1 aliphatic heterocycles. The Labute approximate surface area is 102 Å². The Kier molecular flexibility index (Phi) is 4.51. The van der Waals surface area contributed by atoms with Crippen LogP contribution in [0.15, 0.2) is 0 Å². The summed E-state index contributed by atoms with van der Waals surface area (Å²) >= 11 is 0. The van der Waals surface area contributed by atoms with Crippen LogP contribution in [0.3, 0.4) is 0 Å². The molecular weight excluding hydrogens is 220 g/mol. The van der Waals surface area contributed by atoms with E-state index in [2.05, 4.69) is 5.32 Å². The maximum absolute atomic E-state index is 12.4. The van der Waals surface area contributed by atoms with Crippen LogP contribution in [-0.2, 0) is 9.59 Å². The van der Waals surface area contributed by atoms with Crippen LogP contribution >= 0.6 is 0 Å². The summed E-state index contributed by atoms with van der Waals surface area (Å²) in [6, 6.07) is -0.767. The summed E-state index contributed by atoms with van der Waals surface area (Å²) in [4.78, 5) is 24.7. The minimum Gasteiger partial charge on any atom is -0.480 e. The molecule has 5 heteroatoms. The van der Waals surface area contributed by atoms with Crippen molar-refractivity contribution in [1.29, 1.82) is 0 Å². The van der Waals surface area contributed by atoms with Gasteiger partial charge in [-0.1, -0.05) is 13.3 Å². The molecule has 0 aromatic rings. The van der Waals surface area contributed by atoms with Crippen molar-refractivity contribution in [2.45, 2.75) is 39.2 Å². The molecule has 0 aromatic heterocycles. The van der Waals surface area contributed by atoms with Crippen LogP contribution in [0, 0.1) is 5.41 Å². The first-order chi connectivity index (χ1) is 7.94. The van der Waals surface area contributed by atoms with Gasteiger partial charge in [0.2, 0.25) is 5.91 Å². The third kappa shape index (κ3) is 2.77. The Balaban J connectivity index is 2.81. The molecule has 1 amide bonds. The Morgan fingerprint density at radius 3 is 2.59 bits per heavy atom. The number of amides is 1. The minimum absolute atomic E-state index is 0.0424. The molecule has 0 radical (unpaired) electrons. The fraction of sp³-hybridized carbons (Fsp3) is 0.833. The van der Waals surface area contributed by atoms with Crippen LogP contribution in [0.2, 0.25) is 0 Å². The fourth-order valence-corrected chi connectivity index (χ4v) is 2.44. The molecule has 1 aliphatic rings. The second kappa shape index (κ2) is 5.49. The van der Waals surface area contributed by atoms with Crippen molar-refractivity contribution in [3.8, 4) is 0 Å². The van der Waals surface area contributed by atoms with E-state index in [9.17, 15) is 9.59 Å². The Morgan fingerprint density at radius 1 is 1.53 bits per heavy atom. The maximum atomic E-state index is 12.4. The number of carboxylic acids is 1. The van der Waals surface area contributed by atoms with E-state index in [1.54, 1.807) is 14.0 Å². The molecule has 98 valence electrons. The maximum Gasteiger partial charge on any atom is 0.326 e. The molecule has 2 unspecified atom stereocenters. The van der Waals surface area contributed by atoms with E-state index in [0.29, 0.717) is 6.54 Å². The van der Waals surface area contributed by atoms with Crippen LogP contribution in [-0.4, -0.2) is 48.1 Å². The van der Waals surface area contributed by atoms with Crippen molar-refractivity contribution in [3.63, 3.8) is 0 Å². The molecule has 1 fully saturated rings. The number of nitrogens with zero attached hydrogens (tertiary/aromatic N) is 1. The van der Waals surface area contributed by atoms with E-state index in [1.165, 1.54) is 4.90 Å². The molecule has 1 rings (SSSR count). The summed E-state index contributed by atoms with van der Waals surface area (Å²) in [5.41, 5.74) is -0.396. The monoisotopic (exact) mass is 242 g/mol. The number of likely N-dealkylation sites (N-methyl/N-ethyl adjacent to an activating group) is 1. The van der Waals surface area contributed by atoms with Gasteiger partial charge in [-0.2, -0.15) is 0 Å². The molecular formula is C12H22N2O3. The summed E-state index contributed by atoms with van der Waals surface area (Å²) in [6.45, 7) is 5.09. The van der Waals surface area contributed by atoms with Gasteiger partial charge in [-0.3, -0.25) is 4.79 Å². The van der Waals surface area contributed by atoms with Gasteiger partial charge in [0.1, 0.15) is 6.04 Å². The largest absolute Gasteiger partial charge is 0.480 e. The van der Waals surface area contributed by atoms with Gasteiger partial charge in [0.25, 0.3) is 0 Å². The fourth-order valence-electron chi connectivity index (χ4n) is 2.44. The van der Waals surface area contributed by atoms with Gasteiger partial charge in [-0.15, -0.1) is 0 Å². The normalized spacial score (nSPS) is 25.6. The highest BCUT2D eigenvalue weighted by Gasteiger charge is 2.43. The Hall–Kier alpha value is -1.10. The molecule has 0 aliphatic carbocycles. The average molecular weight is 242 g/mol. The van der Waals surface area contributed by atoms with Crippen LogP contribution in [0.4, 0.5) is 0 Å². The molecule has 5 nitrogen and oxygen atoms in total. The third-order valence-electron chi connectivity index (χ3n) is 3.68. The van der Waals surface area contributed by atoms with Crippen LogP contribution in [0.1, 0.15) is 33.1 Å². The predicted octanol–water partition coefficient (Wildman–Crippen LogP) is 0.698. The van der Waals surface area contributed by atoms with Crippen molar-refractivity contribution < 1.29 is 14.7 Å². The summed E-state index contributed by atoms with van der Waals surface area (Å²) in [6.07, 6.45) is 2.55. The van der Waals surface area contributed by atoms with Gasteiger partial charge in [0.15, 0.2) is 0 Å². The molecule has 1 heterocycles. The first kappa shape index (κ1) is 14.0. The number of carbonyl (C=O) groups is 2. The molecule has 0 aromatic carbocycles. The molecule has 2 atom stereocenters. The van der Waals surface area contributed by atoms with Crippen molar-refractivity contribution >= 4 is 11.9 Å². The highest BCUT2D eigenvalue weighted by Crippen LogP contribution is 2.33. The van der Waals surface area contributed by atoms with Crippen molar-refractivity contribution in [2.24, 2.45) is 5.41 Å². The number of carbonyl (C=O) groups excluding carboxylic acids is 1. The highest BCUT2D eigenvalue weighted by molar-refractivity contribution is 5.87.